The van der Waals surface area contributed by atoms with Crippen LogP contribution in [0.25, 0.3) is 0 Å². The molecule has 0 saturated heterocycles. The van der Waals surface area contributed by atoms with Crippen molar-refractivity contribution in [2.75, 3.05) is 6.61 Å². The highest BCUT2D eigenvalue weighted by molar-refractivity contribution is 5.97. The Balaban J connectivity index is 2.47. The SMILES string of the molecule is CCCCCCC(CO)C(=O)c1ccccc1. The molecule has 1 aromatic rings. The van der Waals surface area contributed by atoms with Crippen LogP contribution in [0.3, 0.4) is 0 Å². The molecule has 17 heavy (non-hydrogen) atoms. The Morgan fingerprint density at radius 1 is 1.18 bits per heavy atom. The number of benzene rings is 1. The second-order valence-electron chi connectivity index (χ2n) is 4.46. The van der Waals surface area contributed by atoms with Crippen molar-refractivity contribution in [3.8, 4) is 0 Å². The summed E-state index contributed by atoms with van der Waals surface area (Å²) >= 11 is 0. The van der Waals surface area contributed by atoms with Gasteiger partial charge in [-0.3, -0.25) is 4.79 Å². The van der Waals surface area contributed by atoms with Crippen LogP contribution in [0.5, 0.6) is 0 Å². The van der Waals surface area contributed by atoms with E-state index in [0.29, 0.717) is 5.56 Å². The third-order valence-corrected chi connectivity index (χ3v) is 3.06. The third kappa shape index (κ3) is 4.70. The standard InChI is InChI=1S/C15H22O2/c1-2-3-4-6-11-14(12-16)15(17)13-9-7-5-8-10-13/h5,7-10,14,16H,2-4,6,11-12H2,1H3. The number of hydrogen-bond donors (Lipinski definition) is 1. The fourth-order valence-corrected chi connectivity index (χ4v) is 1.96. The molecule has 1 unspecified atom stereocenters. The number of unbranched alkanes of at least 4 members (excludes halogenated alkanes) is 3. The monoisotopic (exact) mass is 234 g/mol. The number of carbonyl (C=O) groups is 1. The zero-order valence-electron chi connectivity index (χ0n) is 10.6. The lowest BCUT2D eigenvalue weighted by Gasteiger charge is -2.12. The van der Waals surface area contributed by atoms with Gasteiger partial charge in [-0.25, -0.2) is 0 Å². The average Bonchev–Trinajstić information content (AvgIpc) is 2.39. The fourth-order valence-electron chi connectivity index (χ4n) is 1.96. The molecular formula is C15H22O2. The van der Waals surface area contributed by atoms with Gasteiger partial charge in [-0.1, -0.05) is 62.9 Å². The van der Waals surface area contributed by atoms with Crippen molar-refractivity contribution in [1.82, 2.24) is 0 Å². The molecule has 0 aliphatic carbocycles. The average molecular weight is 234 g/mol. The van der Waals surface area contributed by atoms with E-state index in [1.54, 1.807) is 0 Å². The van der Waals surface area contributed by atoms with Gasteiger partial charge in [-0.15, -0.1) is 0 Å². The summed E-state index contributed by atoms with van der Waals surface area (Å²) in [6.07, 6.45) is 5.37. The van der Waals surface area contributed by atoms with Crippen molar-refractivity contribution >= 4 is 5.78 Å². The number of aliphatic hydroxyl groups is 1. The summed E-state index contributed by atoms with van der Waals surface area (Å²) in [4.78, 5) is 12.1. The van der Waals surface area contributed by atoms with Crippen molar-refractivity contribution in [2.24, 2.45) is 5.92 Å². The summed E-state index contributed by atoms with van der Waals surface area (Å²) < 4.78 is 0. The van der Waals surface area contributed by atoms with Crippen molar-refractivity contribution in [1.29, 1.82) is 0 Å². The minimum Gasteiger partial charge on any atom is -0.396 e. The van der Waals surface area contributed by atoms with E-state index in [1.165, 1.54) is 12.8 Å². The van der Waals surface area contributed by atoms with Gasteiger partial charge in [0.1, 0.15) is 0 Å². The van der Waals surface area contributed by atoms with Crippen LogP contribution in [0, 0.1) is 5.92 Å². The Kier molecular flexibility index (Phi) is 6.56. The molecule has 1 N–H and O–H groups in total. The Labute approximate surface area is 104 Å². The number of ketones is 1. The maximum atomic E-state index is 12.1. The van der Waals surface area contributed by atoms with E-state index >= 15 is 0 Å². The van der Waals surface area contributed by atoms with Crippen molar-refractivity contribution in [3.05, 3.63) is 35.9 Å². The van der Waals surface area contributed by atoms with Gasteiger partial charge in [0.2, 0.25) is 0 Å². The Hall–Kier alpha value is -1.15. The fraction of sp³-hybridized carbons (Fsp3) is 0.533. The van der Waals surface area contributed by atoms with Crippen molar-refractivity contribution in [3.63, 3.8) is 0 Å². The normalized spacial score (nSPS) is 12.4. The van der Waals surface area contributed by atoms with E-state index in [4.69, 9.17) is 0 Å². The minimum absolute atomic E-state index is 0.0418. The third-order valence-electron chi connectivity index (χ3n) is 3.06. The first-order chi connectivity index (χ1) is 8.29. The molecule has 0 aromatic heterocycles. The number of carbonyl (C=O) groups excluding carboxylic acids is 1. The number of aliphatic hydroxyl groups excluding tert-OH is 1. The van der Waals surface area contributed by atoms with Gasteiger partial charge in [0.15, 0.2) is 5.78 Å². The molecule has 1 aromatic carbocycles. The molecular weight excluding hydrogens is 212 g/mol. The Morgan fingerprint density at radius 3 is 2.47 bits per heavy atom. The van der Waals surface area contributed by atoms with Crippen LogP contribution in [0.4, 0.5) is 0 Å². The zero-order valence-corrected chi connectivity index (χ0v) is 10.6. The lowest BCUT2D eigenvalue weighted by Crippen LogP contribution is -2.18. The second-order valence-corrected chi connectivity index (χ2v) is 4.46. The highest BCUT2D eigenvalue weighted by Gasteiger charge is 2.18. The summed E-state index contributed by atoms with van der Waals surface area (Å²) in [6, 6.07) is 9.25. The molecule has 0 fully saturated rings. The lowest BCUT2D eigenvalue weighted by atomic mass is 9.93. The van der Waals surface area contributed by atoms with Crippen LogP contribution in [0.1, 0.15) is 49.4 Å². The van der Waals surface area contributed by atoms with E-state index in [2.05, 4.69) is 6.92 Å². The molecule has 0 aliphatic heterocycles. The number of Topliss-reactive ketones (excluding diaryl/α,β-unsaturated/α-hetero) is 1. The highest BCUT2D eigenvalue weighted by Crippen LogP contribution is 2.16. The number of hydrogen-bond acceptors (Lipinski definition) is 2. The summed E-state index contributed by atoms with van der Waals surface area (Å²) in [7, 11) is 0. The van der Waals surface area contributed by atoms with Gasteiger partial charge in [-0.05, 0) is 6.42 Å². The smallest absolute Gasteiger partial charge is 0.168 e. The molecule has 0 heterocycles. The van der Waals surface area contributed by atoms with Crippen LogP contribution in [-0.2, 0) is 0 Å². The van der Waals surface area contributed by atoms with Gasteiger partial charge in [0.25, 0.3) is 0 Å². The second kappa shape index (κ2) is 8.02. The predicted octanol–water partition coefficient (Wildman–Crippen LogP) is 3.45. The van der Waals surface area contributed by atoms with E-state index in [-0.39, 0.29) is 18.3 Å². The molecule has 0 bridgehead atoms. The molecule has 1 rings (SSSR count). The largest absolute Gasteiger partial charge is 0.396 e. The molecule has 94 valence electrons. The maximum absolute atomic E-state index is 12.1. The van der Waals surface area contributed by atoms with E-state index in [1.807, 2.05) is 30.3 Å². The minimum atomic E-state index is -0.228. The first kappa shape index (κ1) is 13.9. The Bertz CT molecular complexity index is 319. The molecule has 1 atom stereocenters. The Morgan fingerprint density at radius 2 is 1.88 bits per heavy atom. The van der Waals surface area contributed by atoms with Crippen LogP contribution in [-0.4, -0.2) is 17.5 Å². The molecule has 0 spiro atoms. The first-order valence-electron chi connectivity index (χ1n) is 6.49. The predicted molar refractivity (Wildman–Crippen MR) is 70.1 cm³/mol. The van der Waals surface area contributed by atoms with Crippen LogP contribution in [0.2, 0.25) is 0 Å². The highest BCUT2D eigenvalue weighted by atomic mass is 16.3. The molecule has 2 nitrogen and oxygen atoms in total. The number of rotatable bonds is 8. The lowest BCUT2D eigenvalue weighted by molar-refractivity contribution is 0.0848. The van der Waals surface area contributed by atoms with Crippen molar-refractivity contribution < 1.29 is 9.90 Å². The summed E-state index contributed by atoms with van der Waals surface area (Å²) in [6.45, 7) is 2.12. The van der Waals surface area contributed by atoms with Gasteiger partial charge < -0.3 is 5.11 Å². The van der Waals surface area contributed by atoms with Crippen LogP contribution < -0.4 is 0 Å². The van der Waals surface area contributed by atoms with Crippen molar-refractivity contribution in [2.45, 2.75) is 39.0 Å². The zero-order chi connectivity index (χ0) is 12.5. The van der Waals surface area contributed by atoms with Crippen LogP contribution >= 0.6 is 0 Å². The summed E-state index contributed by atoms with van der Waals surface area (Å²) in [5.74, 6) is -0.154. The molecule has 2 heteroatoms. The maximum Gasteiger partial charge on any atom is 0.168 e. The first-order valence-corrected chi connectivity index (χ1v) is 6.49. The topological polar surface area (TPSA) is 37.3 Å². The molecule has 0 amide bonds. The van der Waals surface area contributed by atoms with E-state index in [9.17, 15) is 9.90 Å². The van der Waals surface area contributed by atoms with Gasteiger partial charge in [0.05, 0.1) is 6.61 Å². The molecule has 0 aliphatic rings. The molecule has 0 saturated carbocycles. The van der Waals surface area contributed by atoms with E-state index in [0.717, 1.165) is 19.3 Å². The van der Waals surface area contributed by atoms with Gasteiger partial charge >= 0.3 is 0 Å². The summed E-state index contributed by atoms with van der Waals surface area (Å²) in [5.41, 5.74) is 0.710. The molecule has 0 radical (unpaired) electrons. The quantitative estimate of drug-likeness (QED) is 0.552. The van der Waals surface area contributed by atoms with E-state index < -0.39 is 0 Å². The van der Waals surface area contributed by atoms with Gasteiger partial charge in [-0.2, -0.15) is 0 Å². The van der Waals surface area contributed by atoms with Crippen LogP contribution in [0.15, 0.2) is 30.3 Å². The summed E-state index contributed by atoms with van der Waals surface area (Å²) in [5, 5.41) is 9.29. The van der Waals surface area contributed by atoms with Gasteiger partial charge in [0, 0.05) is 11.5 Å².